The Bertz CT molecular complexity index is 266. The second kappa shape index (κ2) is 7.88. The first kappa shape index (κ1) is 14.8. The van der Waals surface area contributed by atoms with Crippen LogP contribution in [0.3, 0.4) is 0 Å². The first-order valence-electron chi connectivity index (χ1n) is 8.26. The molecule has 2 saturated heterocycles. The van der Waals surface area contributed by atoms with Gasteiger partial charge >= 0.3 is 0 Å². The maximum Gasteiger partial charge on any atom is 0.222 e. The molecule has 0 radical (unpaired) electrons. The van der Waals surface area contributed by atoms with Crippen LogP contribution in [0.25, 0.3) is 0 Å². The van der Waals surface area contributed by atoms with Crippen molar-refractivity contribution < 1.29 is 4.79 Å². The molecule has 2 atom stereocenters. The Morgan fingerprint density at radius 2 is 1.84 bits per heavy atom. The standard InChI is InChI=1S/C16H30N2O/c1-14(15-8-7-9-17-13-15)12-16(19)18-10-5-3-2-4-6-11-18/h14-15,17H,2-13H2,1H3. The second-order valence-corrected chi connectivity index (χ2v) is 6.44. The average molecular weight is 266 g/mol. The molecule has 110 valence electrons. The van der Waals surface area contributed by atoms with E-state index in [-0.39, 0.29) is 0 Å². The topological polar surface area (TPSA) is 32.3 Å². The van der Waals surface area contributed by atoms with E-state index in [1.54, 1.807) is 0 Å². The first-order chi connectivity index (χ1) is 9.27. The van der Waals surface area contributed by atoms with E-state index in [0.717, 1.165) is 32.6 Å². The fourth-order valence-corrected chi connectivity index (χ4v) is 3.43. The zero-order valence-corrected chi connectivity index (χ0v) is 12.5. The lowest BCUT2D eigenvalue weighted by molar-refractivity contribution is -0.132. The zero-order valence-electron chi connectivity index (χ0n) is 12.5. The number of nitrogens with zero attached hydrogens (tertiary/aromatic N) is 1. The summed E-state index contributed by atoms with van der Waals surface area (Å²) in [5.74, 6) is 1.64. The molecule has 1 amide bonds. The summed E-state index contributed by atoms with van der Waals surface area (Å²) in [6.07, 6.45) is 9.67. The molecule has 0 bridgehead atoms. The van der Waals surface area contributed by atoms with Crippen LogP contribution in [-0.2, 0) is 4.79 Å². The van der Waals surface area contributed by atoms with Gasteiger partial charge in [-0.2, -0.15) is 0 Å². The minimum absolute atomic E-state index is 0.403. The predicted octanol–water partition coefficient (Wildman–Crippen LogP) is 2.80. The van der Waals surface area contributed by atoms with E-state index in [9.17, 15) is 4.79 Å². The molecule has 2 aliphatic heterocycles. The van der Waals surface area contributed by atoms with Gasteiger partial charge in [0.05, 0.1) is 0 Å². The molecule has 2 unspecified atom stereocenters. The van der Waals surface area contributed by atoms with Crippen molar-refractivity contribution in [3.63, 3.8) is 0 Å². The van der Waals surface area contributed by atoms with E-state index in [4.69, 9.17) is 0 Å². The number of nitrogens with one attached hydrogen (secondary N) is 1. The molecule has 19 heavy (non-hydrogen) atoms. The van der Waals surface area contributed by atoms with E-state index in [0.29, 0.717) is 17.7 Å². The van der Waals surface area contributed by atoms with Gasteiger partial charge < -0.3 is 10.2 Å². The molecule has 3 heteroatoms. The number of piperidine rings is 1. The van der Waals surface area contributed by atoms with E-state index in [1.807, 2.05) is 0 Å². The fourth-order valence-electron chi connectivity index (χ4n) is 3.43. The van der Waals surface area contributed by atoms with Gasteiger partial charge in [0.2, 0.25) is 5.91 Å². The first-order valence-corrected chi connectivity index (χ1v) is 8.26. The van der Waals surface area contributed by atoms with Crippen LogP contribution in [0.2, 0.25) is 0 Å². The summed E-state index contributed by atoms with van der Waals surface area (Å²) in [5.41, 5.74) is 0. The minimum Gasteiger partial charge on any atom is -0.343 e. The number of hydrogen-bond acceptors (Lipinski definition) is 2. The maximum atomic E-state index is 12.4. The van der Waals surface area contributed by atoms with Gasteiger partial charge in [-0.15, -0.1) is 0 Å². The Balaban J connectivity index is 1.77. The second-order valence-electron chi connectivity index (χ2n) is 6.44. The molecule has 2 heterocycles. The summed E-state index contributed by atoms with van der Waals surface area (Å²) >= 11 is 0. The molecule has 0 aromatic carbocycles. The Labute approximate surface area is 118 Å². The quantitative estimate of drug-likeness (QED) is 0.852. The van der Waals surface area contributed by atoms with Gasteiger partial charge in [0, 0.05) is 19.5 Å². The van der Waals surface area contributed by atoms with Crippen LogP contribution in [0.5, 0.6) is 0 Å². The van der Waals surface area contributed by atoms with Crippen LogP contribution >= 0.6 is 0 Å². The molecule has 3 nitrogen and oxygen atoms in total. The van der Waals surface area contributed by atoms with Crippen molar-refractivity contribution in [2.24, 2.45) is 11.8 Å². The van der Waals surface area contributed by atoms with E-state index in [2.05, 4.69) is 17.1 Å². The number of carbonyl (C=O) groups is 1. The highest BCUT2D eigenvalue weighted by Crippen LogP contribution is 2.23. The van der Waals surface area contributed by atoms with Crippen molar-refractivity contribution in [3.05, 3.63) is 0 Å². The average Bonchev–Trinajstić information content (AvgIpc) is 2.39. The molecule has 1 N–H and O–H groups in total. The van der Waals surface area contributed by atoms with E-state index >= 15 is 0 Å². The molecular weight excluding hydrogens is 236 g/mol. The monoisotopic (exact) mass is 266 g/mol. The van der Waals surface area contributed by atoms with Crippen LogP contribution < -0.4 is 5.32 Å². The third-order valence-electron chi connectivity index (χ3n) is 4.85. The lowest BCUT2D eigenvalue weighted by Gasteiger charge is -2.31. The van der Waals surface area contributed by atoms with Crippen LogP contribution in [0.4, 0.5) is 0 Å². The highest BCUT2D eigenvalue weighted by Gasteiger charge is 2.24. The minimum atomic E-state index is 0.403. The molecule has 2 rings (SSSR count). The molecule has 0 spiro atoms. The molecule has 2 fully saturated rings. The molecule has 0 aliphatic carbocycles. The number of rotatable bonds is 3. The molecule has 0 aromatic rings. The largest absolute Gasteiger partial charge is 0.343 e. The van der Waals surface area contributed by atoms with Crippen LogP contribution in [0.1, 0.15) is 58.3 Å². The maximum absolute atomic E-state index is 12.4. The normalized spacial score (nSPS) is 27.4. The highest BCUT2D eigenvalue weighted by atomic mass is 16.2. The highest BCUT2D eigenvalue weighted by molar-refractivity contribution is 5.76. The Morgan fingerprint density at radius 3 is 2.47 bits per heavy atom. The van der Waals surface area contributed by atoms with Crippen LogP contribution in [0, 0.1) is 11.8 Å². The molecule has 0 saturated carbocycles. The summed E-state index contributed by atoms with van der Waals surface area (Å²) in [6, 6.07) is 0. The van der Waals surface area contributed by atoms with Crippen molar-refractivity contribution in [1.82, 2.24) is 10.2 Å². The lowest BCUT2D eigenvalue weighted by atomic mass is 9.85. The van der Waals surface area contributed by atoms with Crippen molar-refractivity contribution in [3.8, 4) is 0 Å². The van der Waals surface area contributed by atoms with E-state index in [1.165, 1.54) is 44.9 Å². The van der Waals surface area contributed by atoms with Gasteiger partial charge in [0.25, 0.3) is 0 Å². The Kier molecular flexibility index (Phi) is 6.15. The van der Waals surface area contributed by atoms with Gasteiger partial charge in [0.15, 0.2) is 0 Å². The van der Waals surface area contributed by atoms with E-state index < -0.39 is 0 Å². The van der Waals surface area contributed by atoms with Crippen molar-refractivity contribution >= 4 is 5.91 Å². The van der Waals surface area contributed by atoms with Crippen molar-refractivity contribution in [2.45, 2.75) is 58.3 Å². The Morgan fingerprint density at radius 1 is 1.16 bits per heavy atom. The summed E-state index contributed by atoms with van der Waals surface area (Å²) in [7, 11) is 0. The van der Waals surface area contributed by atoms with Gasteiger partial charge in [-0.1, -0.05) is 26.2 Å². The molecule has 0 aromatic heterocycles. The van der Waals surface area contributed by atoms with Gasteiger partial charge in [0.1, 0.15) is 0 Å². The Hall–Kier alpha value is -0.570. The molecule has 2 aliphatic rings. The number of likely N-dealkylation sites (tertiary alicyclic amines) is 1. The number of carbonyl (C=O) groups excluding carboxylic acids is 1. The summed E-state index contributed by atoms with van der Waals surface area (Å²) in [4.78, 5) is 14.6. The lowest BCUT2D eigenvalue weighted by Crippen LogP contribution is -2.38. The SMILES string of the molecule is CC(CC(=O)N1CCCCCCC1)C1CCCNC1. The smallest absolute Gasteiger partial charge is 0.222 e. The number of hydrogen-bond donors (Lipinski definition) is 1. The van der Waals surface area contributed by atoms with Crippen molar-refractivity contribution in [1.29, 1.82) is 0 Å². The fraction of sp³-hybridized carbons (Fsp3) is 0.938. The third-order valence-corrected chi connectivity index (χ3v) is 4.85. The van der Waals surface area contributed by atoms with Gasteiger partial charge in [-0.3, -0.25) is 4.79 Å². The van der Waals surface area contributed by atoms with Gasteiger partial charge in [-0.05, 0) is 50.6 Å². The summed E-state index contributed by atoms with van der Waals surface area (Å²) in [5, 5.41) is 3.46. The summed E-state index contributed by atoms with van der Waals surface area (Å²) in [6.45, 7) is 6.51. The summed E-state index contributed by atoms with van der Waals surface area (Å²) < 4.78 is 0. The third kappa shape index (κ3) is 4.79. The predicted molar refractivity (Wildman–Crippen MR) is 79.0 cm³/mol. The zero-order chi connectivity index (χ0) is 13.5. The van der Waals surface area contributed by atoms with Crippen molar-refractivity contribution in [2.75, 3.05) is 26.2 Å². The molecular formula is C16H30N2O. The van der Waals surface area contributed by atoms with Gasteiger partial charge in [-0.25, -0.2) is 0 Å². The number of amides is 1. The van der Waals surface area contributed by atoms with Crippen LogP contribution in [-0.4, -0.2) is 37.0 Å². The van der Waals surface area contributed by atoms with Crippen LogP contribution in [0.15, 0.2) is 0 Å².